The molecule has 1 aliphatic carbocycles. The molecular weight excluding hydrogens is 250 g/mol. The summed E-state index contributed by atoms with van der Waals surface area (Å²) in [5, 5.41) is 3.59. The Labute approximate surface area is 122 Å². The van der Waals surface area contributed by atoms with Gasteiger partial charge in [0.2, 0.25) is 0 Å². The molecule has 0 aliphatic heterocycles. The molecule has 0 aromatic carbocycles. The number of aryl methyl sites for hydroxylation is 1. The van der Waals surface area contributed by atoms with E-state index in [0.29, 0.717) is 5.82 Å². The van der Waals surface area contributed by atoms with Crippen LogP contribution in [0.3, 0.4) is 0 Å². The summed E-state index contributed by atoms with van der Waals surface area (Å²) in [5.74, 6) is 0.618. The van der Waals surface area contributed by atoms with Crippen LogP contribution in [0, 0.1) is 6.92 Å². The van der Waals surface area contributed by atoms with Gasteiger partial charge in [-0.05, 0) is 44.9 Å². The lowest BCUT2D eigenvalue weighted by molar-refractivity contribution is -0.0622. The number of hydrogen-bond acceptors (Lipinski definition) is 4. The van der Waals surface area contributed by atoms with Gasteiger partial charge in [-0.3, -0.25) is 0 Å². The van der Waals surface area contributed by atoms with Crippen molar-refractivity contribution >= 4 is 5.82 Å². The van der Waals surface area contributed by atoms with Crippen LogP contribution in [0.2, 0.25) is 0 Å². The predicted molar refractivity (Wildman–Crippen MR) is 82.6 cm³/mol. The van der Waals surface area contributed by atoms with Gasteiger partial charge < -0.3 is 15.8 Å². The van der Waals surface area contributed by atoms with Gasteiger partial charge in [-0.25, -0.2) is 4.98 Å². The maximum atomic E-state index is 6.21. The van der Waals surface area contributed by atoms with Crippen LogP contribution in [0.1, 0.15) is 56.7 Å². The van der Waals surface area contributed by atoms with Gasteiger partial charge in [0.05, 0.1) is 11.6 Å². The van der Waals surface area contributed by atoms with Crippen LogP contribution in [0.4, 0.5) is 5.82 Å². The van der Waals surface area contributed by atoms with Crippen molar-refractivity contribution in [1.29, 1.82) is 0 Å². The number of anilines is 1. The predicted octanol–water partition coefficient (Wildman–Crippen LogP) is 2.97. The molecule has 3 N–H and O–H groups in total. The van der Waals surface area contributed by atoms with Crippen LogP contribution >= 0.6 is 0 Å². The lowest BCUT2D eigenvalue weighted by Crippen LogP contribution is -2.44. The van der Waals surface area contributed by atoms with E-state index in [-0.39, 0.29) is 11.6 Å². The Morgan fingerprint density at radius 2 is 2.10 bits per heavy atom. The van der Waals surface area contributed by atoms with Gasteiger partial charge in [0.15, 0.2) is 0 Å². The normalized spacial score (nSPS) is 19.1. The summed E-state index contributed by atoms with van der Waals surface area (Å²) in [6, 6.07) is 2.27. The number of rotatable bonds is 6. The first kappa shape index (κ1) is 15.3. The smallest absolute Gasteiger partial charge is 0.128 e. The first-order valence-electron chi connectivity index (χ1n) is 7.72. The molecule has 112 valence electrons. The molecule has 20 heavy (non-hydrogen) atoms. The summed E-state index contributed by atoms with van der Waals surface area (Å²) in [5.41, 5.74) is 8.23. The first-order chi connectivity index (χ1) is 9.63. The number of nitrogen functional groups attached to an aromatic ring is 1. The second-order valence-electron chi connectivity index (χ2n) is 5.68. The number of hydrogen-bond donors (Lipinski definition) is 2. The van der Waals surface area contributed by atoms with Gasteiger partial charge >= 0.3 is 0 Å². The van der Waals surface area contributed by atoms with E-state index in [0.717, 1.165) is 37.1 Å². The van der Waals surface area contributed by atoms with Crippen molar-refractivity contribution in [3.05, 3.63) is 23.4 Å². The van der Waals surface area contributed by atoms with Gasteiger partial charge in [0, 0.05) is 18.4 Å². The molecule has 1 aromatic rings. The zero-order valence-electron chi connectivity index (χ0n) is 12.9. The average Bonchev–Trinajstić information content (AvgIpc) is 2.89. The molecule has 0 bridgehead atoms. The van der Waals surface area contributed by atoms with Crippen LogP contribution in [-0.4, -0.2) is 23.7 Å². The fourth-order valence-corrected chi connectivity index (χ4v) is 3.39. The van der Waals surface area contributed by atoms with Gasteiger partial charge in [0.25, 0.3) is 0 Å². The maximum Gasteiger partial charge on any atom is 0.128 e. The molecule has 1 saturated carbocycles. The highest BCUT2D eigenvalue weighted by molar-refractivity contribution is 5.44. The average molecular weight is 277 g/mol. The highest BCUT2D eigenvalue weighted by atomic mass is 16.5. The van der Waals surface area contributed by atoms with Crippen LogP contribution in [0.5, 0.6) is 0 Å². The van der Waals surface area contributed by atoms with E-state index in [1.165, 1.54) is 12.8 Å². The molecule has 0 spiro atoms. The fourth-order valence-electron chi connectivity index (χ4n) is 3.39. The standard InChI is InChI=1S/C16H27N3O/c1-4-18-14(13-10-12(3)11-19-15(13)17)16(20-5-2)8-6-7-9-16/h10-11,14,18H,4-9H2,1-3H3,(H2,17,19). The van der Waals surface area contributed by atoms with Crippen LogP contribution < -0.4 is 11.1 Å². The minimum atomic E-state index is -0.131. The van der Waals surface area contributed by atoms with Crippen molar-refractivity contribution in [1.82, 2.24) is 10.3 Å². The number of ether oxygens (including phenoxy) is 1. The van der Waals surface area contributed by atoms with E-state index in [9.17, 15) is 0 Å². The fraction of sp³-hybridized carbons (Fsp3) is 0.688. The number of likely N-dealkylation sites (N-methyl/N-ethyl adjacent to an activating group) is 1. The molecule has 1 unspecified atom stereocenters. The lowest BCUT2D eigenvalue weighted by atomic mass is 9.86. The summed E-state index contributed by atoms with van der Waals surface area (Å²) in [6.45, 7) is 7.89. The van der Waals surface area contributed by atoms with Gasteiger partial charge in [-0.2, -0.15) is 0 Å². The Hall–Kier alpha value is -1.13. The summed E-state index contributed by atoms with van der Waals surface area (Å²) in [6.07, 6.45) is 6.45. The molecular formula is C16H27N3O. The van der Waals surface area contributed by atoms with Gasteiger partial charge in [0.1, 0.15) is 5.82 Å². The van der Waals surface area contributed by atoms with Crippen LogP contribution in [0.25, 0.3) is 0 Å². The van der Waals surface area contributed by atoms with E-state index in [1.54, 1.807) is 0 Å². The van der Waals surface area contributed by atoms with Crippen molar-refractivity contribution in [3.63, 3.8) is 0 Å². The SMILES string of the molecule is CCNC(c1cc(C)cnc1N)C1(OCC)CCCC1. The Morgan fingerprint density at radius 1 is 1.40 bits per heavy atom. The minimum absolute atomic E-state index is 0.127. The molecule has 1 heterocycles. The van der Waals surface area contributed by atoms with Gasteiger partial charge in [-0.1, -0.05) is 19.8 Å². The first-order valence-corrected chi connectivity index (χ1v) is 7.72. The number of aromatic nitrogens is 1. The number of pyridine rings is 1. The third kappa shape index (κ3) is 2.96. The second kappa shape index (κ2) is 6.55. The lowest BCUT2D eigenvalue weighted by Gasteiger charge is -2.38. The summed E-state index contributed by atoms with van der Waals surface area (Å²) in [7, 11) is 0. The van der Waals surface area contributed by atoms with Crippen LogP contribution in [-0.2, 0) is 4.74 Å². The largest absolute Gasteiger partial charge is 0.383 e. The highest BCUT2D eigenvalue weighted by Gasteiger charge is 2.43. The number of nitrogens with zero attached hydrogens (tertiary/aromatic N) is 1. The van der Waals surface area contributed by atoms with Crippen molar-refractivity contribution in [2.75, 3.05) is 18.9 Å². The molecule has 4 heteroatoms. The maximum absolute atomic E-state index is 6.21. The van der Waals surface area contributed by atoms with Crippen molar-refractivity contribution in [2.24, 2.45) is 0 Å². The van der Waals surface area contributed by atoms with E-state index >= 15 is 0 Å². The highest BCUT2D eigenvalue weighted by Crippen LogP contribution is 2.44. The quantitative estimate of drug-likeness (QED) is 0.839. The number of nitrogens with one attached hydrogen (secondary N) is 1. The molecule has 1 fully saturated rings. The second-order valence-corrected chi connectivity index (χ2v) is 5.68. The molecule has 0 saturated heterocycles. The third-order valence-electron chi connectivity index (χ3n) is 4.21. The number of nitrogens with two attached hydrogens (primary N) is 1. The third-order valence-corrected chi connectivity index (χ3v) is 4.21. The van der Waals surface area contributed by atoms with Crippen molar-refractivity contribution in [3.8, 4) is 0 Å². The molecule has 0 amide bonds. The molecule has 1 aliphatic rings. The van der Waals surface area contributed by atoms with E-state index in [1.807, 2.05) is 6.20 Å². The minimum Gasteiger partial charge on any atom is -0.383 e. The Kier molecular flexibility index (Phi) is 5.00. The van der Waals surface area contributed by atoms with E-state index < -0.39 is 0 Å². The van der Waals surface area contributed by atoms with Crippen molar-refractivity contribution < 1.29 is 4.74 Å². The molecule has 1 atom stereocenters. The monoisotopic (exact) mass is 277 g/mol. The summed E-state index contributed by atoms with van der Waals surface area (Å²) in [4.78, 5) is 4.33. The summed E-state index contributed by atoms with van der Waals surface area (Å²) >= 11 is 0. The summed E-state index contributed by atoms with van der Waals surface area (Å²) < 4.78 is 6.21. The Morgan fingerprint density at radius 3 is 2.70 bits per heavy atom. The van der Waals surface area contributed by atoms with E-state index in [4.69, 9.17) is 10.5 Å². The Balaban J connectivity index is 2.40. The molecule has 4 nitrogen and oxygen atoms in total. The van der Waals surface area contributed by atoms with Crippen LogP contribution in [0.15, 0.2) is 12.3 Å². The molecule has 2 rings (SSSR count). The van der Waals surface area contributed by atoms with E-state index in [2.05, 4.69) is 37.1 Å². The van der Waals surface area contributed by atoms with Gasteiger partial charge in [-0.15, -0.1) is 0 Å². The molecule has 1 aromatic heterocycles. The zero-order chi connectivity index (χ0) is 14.6. The Bertz CT molecular complexity index is 441. The molecule has 0 radical (unpaired) electrons. The topological polar surface area (TPSA) is 60.2 Å². The van der Waals surface area contributed by atoms with Crippen molar-refractivity contribution in [2.45, 2.75) is 58.1 Å². The zero-order valence-corrected chi connectivity index (χ0v) is 12.9.